The monoisotopic (exact) mass is 367 g/mol. The number of aryl methyl sites for hydroxylation is 1. The molecule has 1 aromatic carbocycles. The Labute approximate surface area is 157 Å². The van der Waals surface area contributed by atoms with Crippen molar-refractivity contribution in [1.29, 1.82) is 5.26 Å². The Morgan fingerprint density at radius 3 is 2.78 bits per heavy atom. The van der Waals surface area contributed by atoms with Gasteiger partial charge in [0.25, 0.3) is 5.56 Å². The molecule has 7 heteroatoms. The number of nitrogens with zero attached hydrogens (tertiary/aromatic N) is 2. The van der Waals surface area contributed by atoms with Crippen molar-refractivity contribution >= 4 is 0 Å². The van der Waals surface area contributed by atoms with Gasteiger partial charge in [-0.1, -0.05) is 12.1 Å². The zero-order valence-electron chi connectivity index (χ0n) is 15.5. The van der Waals surface area contributed by atoms with Crippen LogP contribution in [0.15, 0.2) is 46.6 Å². The van der Waals surface area contributed by atoms with Crippen LogP contribution in [0.3, 0.4) is 0 Å². The van der Waals surface area contributed by atoms with Gasteiger partial charge in [0.1, 0.15) is 23.1 Å². The molecule has 2 N–H and O–H groups in total. The number of hydrogen-bond acceptors (Lipinski definition) is 6. The first kappa shape index (κ1) is 18.5. The average molecular weight is 367 g/mol. The van der Waals surface area contributed by atoms with E-state index in [1.165, 1.54) is 0 Å². The third kappa shape index (κ3) is 3.27. The van der Waals surface area contributed by atoms with Crippen molar-refractivity contribution < 1.29 is 14.2 Å². The predicted molar refractivity (Wildman–Crippen MR) is 99.6 cm³/mol. The lowest BCUT2D eigenvalue weighted by Crippen LogP contribution is -2.33. The molecule has 0 amide bonds. The summed E-state index contributed by atoms with van der Waals surface area (Å²) in [5.41, 5.74) is 7.82. The van der Waals surface area contributed by atoms with Crippen LogP contribution < -0.4 is 20.8 Å². The summed E-state index contributed by atoms with van der Waals surface area (Å²) in [6.07, 6.45) is 0. The van der Waals surface area contributed by atoms with Gasteiger partial charge in [-0.05, 0) is 24.6 Å². The minimum Gasteiger partial charge on any atom is -0.497 e. The third-order valence-electron chi connectivity index (χ3n) is 4.64. The smallest absolute Gasteiger partial charge is 0.258 e. The highest BCUT2D eigenvalue weighted by atomic mass is 16.5. The molecule has 2 heterocycles. The number of fused-ring (bicyclic) bond motifs is 1. The molecule has 3 rings (SSSR count). The number of allylic oxidation sites excluding steroid dienone is 1. The Bertz CT molecular complexity index is 1000. The van der Waals surface area contributed by atoms with Crippen molar-refractivity contribution in [2.45, 2.75) is 19.4 Å². The number of hydrogen-bond donors (Lipinski definition) is 1. The molecule has 1 atom stereocenters. The lowest BCUT2D eigenvalue weighted by Gasteiger charge is -2.27. The fourth-order valence-electron chi connectivity index (χ4n) is 3.30. The van der Waals surface area contributed by atoms with E-state index >= 15 is 0 Å². The molecule has 140 valence electrons. The van der Waals surface area contributed by atoms with Crippen LogP contribution >= 0.6 is 0 Å². The molecular formula is C20H21N3O4. The molecule has 0 saturated heterocycles. The largest absolute Gasteiger partial charge is 0.497 e. The second kappa shape index (κ2) is 7.56. The van der Waals surface area contributed by atoms with Crippen LogP contribution in [0.1, 0.15) is 22.7 Å². The normalized spacial score (nSPS) is 15.7. The molecule has 0 fully saturated rings. The first-order valence-electron chi connectivity index (χ1n) is 8.46. The molecule has 1 unspecified atom stereocenters. The van der Waals surface area contributed by atoms with E-state index in [1.807, 2.05) is 19.1 Å². The van der Waals surface area contributed by atoms with E-state index in [0.717, 1.165) is 11.3 Å². The quantitative estimate of drug-likeness (QED) is 0.868. The first-order chi connectivity index (χ1) is 13.0. The van der Waals surface area contributed by atoms with Crippen molar-refractivity contribution in [3.63, 3.8) is 0 Å². The number of aromatic nitrogens is 1. The maximum atomic E-state index is 13.3. The minimum absolute atomic E-state index is 0.00580. The van der Waals surface area contributed by atoms with Gasteiger partial charge in [-0.2, -0.15) is 5.26 Å². The summed E-state index contributed by atoms with van der Waals surface area (Å²) in [6, 6.07) is 11.1. The summed E-state index contributed by atoms with van der Waals surface area (Å²) < 4.78 is 17.7. The SMILES string of the molecule is COCCn1c(C)cc2c(c1=O)C(c1cccc(OC)c1)C(C#N)=C(N)O2. The molecule has 7 nitrogen and oxygen atoms in total. The molecular weight excluding hydrogens is 346 g/mol. The van der Waals surface area contributed by atoms with Crippen LogP contribution in [-0.2, 0) is 11.3 Å². The zero-order chi connectivity index (χ0) is 19.6. The molecule has 1 aromatic heterocycles. The highest BCUT2D eigenvalue weighted by molar-refractivity contribution is 5.56. The fourth-order valence-corrected chi connectivity index (χ4v) is 3.30. The summed E-state index contributed by atoms with van der Waals surface area (Å²) in [6.45, 7) is 2.62. The number of ether oxygens (including phenoxy) is 3. The van der Waals surface area contributed by atoms with E-state index in [0.29, 0.717) is 30.2 Å². The summed E-state index contributed by atoms with van der Waals surface area (Å²) in [4.78, 5) is 13.3. The third-order valence-corrected chi connectivity index (χ3v) is 4.64. The molecule has 1 aliphatic heterocycles. The van der Waals surface area contributed by atoms with Gasteiger partial charge in [-0.3, -0.25) is 4.79 Å². The minimum atomic E-state index is -0.629. The molecule has 0 bridgehead atoms. The van der Waals surface area contributed by atoms with Gasteiger partial charge < -0.3 is 24.5 Å². The fraction of sp³-hybridized carbons (Fsp3) is 0.300. The average Bonchev–Trinajstić information content (AvgIpc) is 2.66. The Balaban J connectivity index is 2.26. The Hall–Kier alpha value is -3.24. The van der Waals surface area contributed by atoms with Crippen LogP contribution in [-0.4, -0.2) is 25.4 Å². The van der Waals surface area contributed by atoms with Crippen LogP contribution in [0.4, 0.5) is 0 Å². The van der Waals surface area contributed by atoms with E-state index in [-0.39, 0.29) is 17.0 Å². The number of nitriles is 1. The van der Waals surface area contributed by atoms with Gasteiger partial charge in [-0.25, -0.2) is 0 Å². The standard InChI is InChI=1S/C20H21N3O4/c1-12-9-16-18(20(24)23(12)7-8-25-2)17(15(11-21)19(22)27-16)13-5-4-6-14(10-13)26-3/h4-6,9-10,17H,7-8,22H2,1-3H3. The summed E-state index contributed by atoms with van der Waals surface area (Å²) >= 11 is 0. The van der Waals surface area contributed by atoms with E-state index in [4.69, 9.17) is 19.9 Å². The summed E-state index contributed by atoms with van der Waals surface area (Å²) in [5, 5.41) is 9.67. The molecule has 0 aliphatic carbocycles. The Morgan fingerprint density at radius 2 is 2.11 bits per heavy atom. The highest BCUT2D eigenvalue weighted by Crippen LogP contribution is 2.41. The summed E-state index contributed by atoms with van der Waals surface area (Å²) in [7, 11) is 3.14. The van der Waals surface area contributed by atoms with Crippen molar-refractivity contribution in [2.75, 3.05) is 20.8 Å². The lowest BCUT2D eigenvalue weighted by atomic mass is 9.84. The second-order valence-corrected chi connectivity index (χ2v) is 6.21. The highest BCUT2D eigenvalue weighted by Gasteiger charge is 2.34. The topological polar surface area (TPSA) is 99.5 Å². The van der Waals surface area contributed by atoms with Crippen LogP contribution in [0.25, 0.3) is 0 Å². The molecule has 27 heavy (non-hydrogen) atoms. The van der Waals surface area contributed by atoms with Crippen molar-refractivity contribution in [3.8, 4) is 17.6 Å². The van der Waals surface area contributed by atoms with Gasteiger partial charge in [0.15, 0.2) is 0 Å². The second-order valence-electron chi connectivity index (χ2n) is 6.21. The number of pyridine rings is 1. The van der Waals surface area contributed by atoms with Crippen LogP contribution in [0.2, 0.25) is 0 Å². The first-order valence-corrected chi connectivity index (χ1v) is 8.46. The van der Waals surface area contributed by atoms with E-state index < -0.39 is 5.92 Å². The summed E-state index contributed by atoms with van der Waals surface area (Å²) in [5.74, 6) is 0.376. The molecule has 2 aromatic rings. The number of rotatable bonds is 5. The van der Waals surface area contributed by atoms with E-state index in [1.54, 1.807) is 37.0 Å². The van der Waals surface area contributed by atoms with E-state index in [9.17, 15) is 10.1 Å². The maximum Gasteiger partial charge on any atom is 0.258 e. The molecule has 0 saturated carbocycles. The van der Waals surface area contributed by atoms with Crippen LogP contribution in [0.5, 0.6) is 11.5 Å². The molecule has 0 spiro atoms. The Morgan fingerprint density at radius 1 is 1.33 bits per heavy atom. The predicted octanol–water partition coefficient (Wildman–Crippen LogP) is 2.03. The van der Waals surface area contributed by atoms with Gasteiger partial charge in [-0.15, -0.1) is 0 Å². The van der Waals surface area contributed by atoms with Gasteiger partial charge in [0.2, 0.25) is 5.88 Å². The maximum absolute atomic E-state index is 13.3. The van der Waals surface area contributed by atoms with Gasteiger partial charge in [0.05, 0.1) is 25.2 Å². The van der Waals surface area contributed by atoms with Crippen molar-refractivity contribution in [1.82, 2.24) is 4.57 Å². The number of nitrogens with two attached hydrogens (primary N) is 1. The van der Waals surface area contributed by atoms with Crippen LogP contribution in [0, 0.1) is 18.3 Å². The van der Waals surface area contributed by atoms with E-state index in [2.05, 4.69) is 6.07 Å². The Kier molecular flexibility index (Phi) is 5.19. The lowest BCUT2D eigenvalue weighted by molar-refractivity contribution is 0.185. The number of benzene rings is 1. The van der Waals surface area contributed by atoms with Crippen molar-refractivity contribution in [3.05, 3.63) is 69.0 Å². The van der Waals surface area contributed by atoms with Crippen molar-refractivity contribution in [2.24, 2.45) is 5.73 Å². The zero-order valence-corrected chi connectivity index (χ0v) is 15.5. The molecule has 1 aliphatic rings. The number of methoxy groups -OCH3 is 2. The molecule has 0 radical (unpaired) electrons. The van der Waals surface area contributed by atoms with Gasteiger partial charge >= 0.3 is 0 Å². The van der Waals surface area contributed by atoms with Gasteiger partial charge in [0, 0.05) is 25.4 Å².